The maximum atomic E-state index is 3.17. The molecule has 0 aliphatic heterocycles. The van der Waals surface area contributed by atoms with Gasteiger partial charge in [-0.2, -0.15) is 0 Å². The number of likely N-dealkylation sites (N-methyl/N-ethyl adjacent to an activating group) is 1. The lowest BCUT2D eigenvalue weighted by Crippen LogP contribution is -2.20. The molecular weight excluding hydrogens is 232 g/mol. The summed E-state index contributed by atoms with van der Waals surface area (Å²) in [5, 5.41) is 3.17. The van der Waals surface area contributed by atoms with Crippen molar-refractivity contribution in [1.29, 1.82) is 0 Å². The highest BCUT2D eigenvalue weighted by Crippen LogP contribution is 2.14. The Morgan fingerprint density at radius 1 is 0.895 bits per heavy atom. The third kappa shape index (κ3) is 4.11. The average Bonchev–Trinajstić information content (AvgIpc) is 2.47. The van der Waals surface area contributed by atoms with Crippen LogP contribution in [0.25, 0.3) is 0 Å². The van der Waals surface area contributed by atoms with E-state index in [2.05, 4.69) is 71.9 Å². The number of hydrogen-bond acceptors (Lipinski definition) is 2. The first kappa shape index (κ1) is 13.6. The second kappa shape index (κ2) is 6.95. The summed E-state index contributed by atoms with van der Waals surface area (Å²) >= 11 is 0. The Balaban J connectivity index is 1.90. The van der Waals surface area contributed by atoms with Crippen LogP contribution < -0.4 is 10.2 Å². The average molecular weight is 254 g/mol. The van der Waals surface area contributed by atoms with Gasteiger partial charge in [0, 0.05) is 25.8 Å². The van der Waals surface area contributed by atoms with Crippen molar-refractivity contribution in [3.05, 3.63) is 65.7 Å². The van der Waals surface area contributed by atoms with Crippen LogP contribution in [-0.2, 0) is 13.0 Å². The minimum Gasteiger partial charge on any atom is -0.374 e. The predicted octanol–water partition coefficient (Wildman–Crippen LogP) is 3.08. The lowest BCUT2D eigenvalue weighted by Gasteiger charge is -2.19. The molecule has 0 spiro atoms. The van der Waals surface area contributed by atoms with Gasteiger partial charge in [0.25, 0.3) is 0 Å². The Labute approximate surface area is 116 Å². The number of benzene rings is 2. The van der Waals surface area contributed by atoms with E-state index in [-0.39, 0.29) is 0 Å². The van der Waals surface area contributed by atoms with Gasteiger partial charge in [-0.25, -0.2) is 0 Å². The van der Waals surface area contributed by atoms with E-state index in [1.165, 1.54) is 16.8 Å². The van der Waals surface area contributed by atoms with Crippen molar-refractivity contribution >= 4 is 5.69 Å². The summed E-state index contributed by atoms with van der Waals surface area (Å²) in [6.45, 7) is 1.96. The monoisotopic (exact) mass is 254 g/mol. The SMILES string of the molecule is CNCc1ccc(N(C)CCc2ccccc2)cc1. The van der Waals surface area contributed by atoms with Crippen LogP contribution in [0.3, 0.4) is 0 Å². The van der Waals surface area contributed by atoms with Crippen molar-refractivity contribution in [3.8, 4) is 0 Å². The van der Waals surface area contributed by atoms with Crippen LogP contribution in [0.5, 0.6) is 0 Å². The normalized spacial score (nSPS) is 10.4. The van der Waals surface area contributed by atoms with Gasteiger partial charge in [0.05, 0.1) is 0 Å². The maximum absolute atomic E-state index is 3.17. The summed E-state index contributed by atoms with van der Waals surface area (Å²) in [6, 6.07) is 19.4. The standard InChI is InChI=1S/C17H22N2/c1-18-14-16-8-10-17(11-9-16)19(2)13-12-15-6-4-3-5-7-15/h3-11,18H,12-14H2,1-2H3. The highest BCUT2D eigenvalue weighted by Gasteiger charge is 2.01. The number of nitrogens with zero attached hydrogens (tertiary/aromatic N) is 1. The summed E-state index contributed by atoms with van der Waals surface area (Å²) in [5.41, 5.74) is 3.99. The minimum atomic E-state index is 0.925. The van der Waals surface area contributed by atoms with E-state index in [0.717, 1.165) is 19.5 Å². The summed E-state index contributed by atoms with van der Waals surface area (Å²) in [6.07, 6.45) is 1.08. The van der Waals surface area contributed by atoms with Crippen LogP contribution in [0.1, 0.15) is 11.1 Å². The van der Waals surface area contributed by atoms with Gasteiger partial charge in [-0.05, 0) is 36.7 Å². The molecule has 0 atom stereocenters. The fourth-order valence-corrected chi connectivity index (χ4v) is 2.14. The minimum absolute atomic E-state index is 0.925. The fourth-order valence-electron chi connectivity index (χ4n) is 2.14. The number of hydrogen-bond donors (Lipinski definition) is 1. The van der Waals surface area contributed by atoms with E-state index >= 15 is 0 Å². The molecule has 2 rings (SSSR count). The van der Waals surface area contributed by atoms with Gasteiger partial charge in [-0.3, -0.25) is 0 Å². The molecule has 0 aliphatic rings. The van der Waals surface area contributed by atoms with Gasteiger partial charge in [0.15, 0.2) is 0 Å². The van der Waals surface area contributed by atoms with E-state index < -0.39 is 0 Å². The highest BCUT2D eigenvalue weighted by atomic mass is 15.1. The molecule has 2 aromatic carbocycles. The van der Waals surface area contributed by atoms with Gasteiger partial charge in [0.2, 0.25) is 0 Å². The van der Waals surface area contributed by atoms with Crippen LogP contribution in [0, 0.1) is 0 Å². The Morgan fingerprint density at radius 2 is 1.58 bits per heavy atom. The van der Waals surface area contributed by atoms with E-state index in [1.807, 2.05) is 7.05 Å². The van der Waals surface area contributed by atoms with Crippen LogP contribution in [0.15, 0.2) is 54.6 Å². The van der Waals surface area contributed by atoms with Crippen LogP contribution in [0.2, 0.25) is 0 Å². The first-order chi connectivity index (χ1) is 9.29. The second-order valence-corrected chi connectivity index (χ2v) is 4.85. The zero-order valence-corrected chi connectivity index (χ0v) is 11.8. The lowest BCUT2D eigenvalue weighted by atomic mass is 10.1. The first-order valence-electron chi connectivity index (χ1n) is 6.78. The summed E-state index contributed by atoms with van der Waals surface area (Å²) < 4.78 is 0. The molecule has 2 heteroatoms. The van der Waals surface area contributed by atoms with Crippen molar-refractivity contribution in [3.63, 3.8) is 0 Å². The molecule has 19 heavy (non-hydrogen) atoms. The second-order valence-electron chi connectivity index (χ2n) is 4.85. The molecule has 0 amide bonds. The Morgan fingerprint density at radius 3 is 2.21 bits per heavy atom. The zero-order valence-electron chi connectivity index (χ0n) is 11.8. The number of rotatable bonds is 6. The molecule has 0 radical (unpaired) electrons. The van der Waals surface area contributed by atoms with Gasteiger partial charge in [-0.15, -0.1) is 0 Å². The molecule has 0 saturated heterocycles. The van der Waals surface area contributed by atoms with Gasteiger partial charge in [-0.1, -0.05) is 42.5 Å². The third-order valence-corrected chi connectivity index (χ3v) is 3.34. The number of anilines is 1. The topological polar surface area (TPSA) is 15.3 Å². The predicted molar refractivity (Wildman–Crippen MR) is 82.6 cm³/mol. The first-order valence-corrected chi connectivity index (χ1v) is 6.78. The largest absolute Gasteiger partial charge is 0.374 e. The molecule has 0 aliphatic carbocycles. The molecule has 0 aromatic heterocycles. The molecule has 2 nitrogen and oxygen atoms in total. The molecule has 0 fully saturated rings. The molecular formula is C17H22N2. The molecule has 2 aromatic rings. The highest BCUT2D eigenvalue weighted by molar-refractivity contribution is 5.47. The Bertz CT molecular complexity index is 476. The van der Waals surface area contributed by atoms with Gasteiger partial charge in [0.1, 0.15) is 0 Å². The smallest absolute Gasteiger partial charge is 0.0363 e. The molecule has 1 N–H and O–H groups in total. The van der Waals surface area contributed by atoms with Crippen LogP contribution >= 0.6 is 0 Å². The summed E-state index contributed by atoms with van der Waals surface area (Å²) in [4.78, 5) is 2.30. The molecule has 0 unspecified atom stereocenters. The molecule has 0 saturated carbocycles. The van der Waals surface area contributed by atoms with Crippen molar-refractivity contribution in [2.45, 2.75) is 13.0 Å². The fraction of sp³-hybridized carbons (Fsp3) is 0.294. The third-order valence-electron chi connectivity index (χ3n) is 3.34. The quantitative estimate of drug-likeness (QED) is 0.852. The molecule has 100 valence electrons. The Kier molecular flexibility index (Phi) is 4.99. The van der Waals surface area contributed by atoms with Crippen LogP contribution in [0.4, 0.5) is 5.69 Å². The van der Waals surface area contributed by atoms with Gasteiger partial charge >= 0.3 is 0 Å². The molecule has 0 heterocycles. The van der Waals surface area contributed by atoms with E-state index in [9.17, 15) is 0 Å². The summed E-state index contributed by atoms with van der Waals surface area (Å²) in [5.74, 6) is 0. The van der Waals surface area contributed by atoms with Crippen molar-refractivity contribution in [2.24, 2.45) is 0 Å². The maximum Gasteiger partial charge on any atom is 0.0363 e. The van der Waals surface area contributed by atoms with Crippen molar-refractivity contribution < 1.29 is 0 Å². The van der Waals surface area contributed by atoms with Crippen molar-refractivity contribution in [1.82, 2.24) is 5.32 Å². The zero-order chi connectivity index (χ0) is 13.5. The van der Waals surface area contributed by atoms with Crippen molar-refractivity contribution in [2.75, 3.05) is 25.5 Å². The lowest BCUT2D eigenvalue weighted by molar-refractivity contribution is 0.816. The van der Waals surface area contributed by atoms with E-state index in [1.54, 1.807) is 0 Å². The Hall–Kier alpha value is -1.80. The molecule has 0 bridgehead atoms. The number of nitrogens with one attached hydrogen (secondary N) is 1. The van der Waals surface area contributed by atoms with Crippen LogP contribution in [-0.4, -0.2) is 20.6 Å². The van der Waals surface area contributed by atoms with E-state index in [0.29, 0.717) is 0 Å². The van der Waals surface area contributed by atoms with Gasteiger partial charge < -0.3 is 10.2 Å². The van der Waals surface area contributed by atoms with E-state index in [4.69, 9.17) is 0 Å². The summed E-state index contributed by atoms with van der Waals surface area (Å²) in [7, 11) is 4.12.